The Labute approximate surface area is 84.5 Å². The van der Waals surface area contributed by atoms with Crippen molar-refractivity contribution in [1.82, 2.24) is 9.80 Å². The van der Waals surface area contributed by atoms with Gasteiger partial charge in [-0.1, -0.05) is 0 Å². The van der Waals surface area contributed by atoms with E-state index in [0.29, 0.717) is 0 Å². The molecule has 0 aromatic rings. The van der Waals surface area contributed by atoms with Crippen molar-refractivity contribution in [3.05, 3.63) is 0 Å². The van der Waals surface area contributed by atoms with Crippen LogP contribution in [0.3, 0.4) is 0 Å². The fourth-order valence-electron chi connectivity index (χ4n) is 2.56. The third-order valence-electron chi connectivity index (χ3n) is 3.28. The average Bonchev–Trinajstić information content (AvgIpc) is 2.70. The number of carboxylic acid groups (broad SMARTS) is 1. The van der Waals surface area contributed by atoms with Gasteiger partial charge < -0.3 is 5.11 Å². The molecule has 0 aromatic heterocycles. The van der Waals surface area contributed by atoms with Gasteiger partial charge in [-0.2, -0.15) is 0 Å². The van der Waals surface area contributed by atoms with E-state index in [1.54, 1.807) is 4.90 Å². The first-order valence-corrected chi connectivity index (χ1v) is 5.52. The van der Waals surface area contributed by atoms with Crippen LogP contribution in [0.1, 0.15) is 32.1 Å². The van der Waals surface area contributed by atoms with Gasteiger partial charge >= 0.3 is 6.09 Å². The van der Waals surface area contributed by atoms with Crippen LogP contribution in [0.15, 0.2) is 0 Å². The van der Waals surface area contributed by atoms with Gasteiger partial charge in [-0.05, 0) is 32.1 Å². The second-order valence-corrected chi connectivity index (χ2v) is 4.20. The first-order valence-electron chi connectivity index (χ1n) is 5.52. The minimum Gasteiger partial charge on any atom is -0.465 e. The second kappa shape index (κ2) is 4.17. The molecule has 1 atom stereocenters. The predicted octanol–water partition coefficient (Wildman–Crippen LogP) is 1.57. The molecule has 2 saturated heterocycles. The number of likely N-dealkylation sites (tertiary alicyclic amines) is 2. The molecular weight excluding hydrogens is 180 g/mol. The maximum absolute atomic E-state index is 11.0. The van der Waals surface area contributed by atoms with Crippen LogP contribution in [-0.4, -0.2) is 46.8 Å². The third kappa shape index (κ3) is 1.85. The summed E-state index contributed by atoms with van der Waals surface area (Å²) in [6, 6.07) is 0. The van der Waals surface area contributed by atoms with E-state index in [4.69, 9.17) is 5.11 Å². The molecule has 0 aliphatic carbocycles. The molecule has 2 fully saturated rings. The smallest absolute Gasteiger partial charge is 0.408 e. The van der Waals surface area contributed by atoms with Crippen molar-refractivity contribution in [2.75, 3.05) is 19.6 Å². The van der Waals surface area contributed by atoms with Crippen LogP contribution in [0.2, 0.25) is 0 Å². The molecule has 4 heteroatoms. The number of hydrogen-bond donors (Lipinski definition) is 1. The van der Waals surface area contributed by atoms with Crippen LogP contribution in [0.4, 0.5) is 4.79 Å². The number of nitrogens with zero attached hydrogens (tertiary/aromatic N) is 2. The summed E-state index contributed by atoms with van der Waals surface area (Å²) in [6.45, 7) is 2.87. The molecule has 0 bridgehead atoms. The van der Waals surface area contributed by atoms with E-state index < -0.39 is 6.09 Å². The first-order chi connectivity index (χ1) is 6.79. The summed E-state index contributed by atoms with van der Waals surface area (Å²) in [4.78, 5) is 15.0. The van der Waals surface area contributed by atoms with E-state index in [-0.39, 0.29) is 6.17 Å². The molecule has 2 rings (SSSR count). The summed E-state index contributed by atoms with van der Waals surface area (Å²) in [6.07, 6.45) is 5.09. The zero-order valence-corrected chi connectivity index (χ0v) is 8.48. The Morgan fingerprint density at radius 1 is 1.07 bits per heavy atom. The highest BCUT2D eigenvalue weighted by Crippen LogP contribution is 2.23. The monoisotopic (exact) mass is 198 g/mol. The third-order valence-corrected chi connectivity index (χ3v) is 3.28. The van der Waals surface area contributed by atoms with Crippen LogP contribution >= 0.6 is 0 Å². The summed E-state index contributed by atoms with van der Waals surface area (Å²) >= 11 is 0. The number of hydrogen-bond acceptors (Lipinski definition) is 2. The summed E-state index contributed by atoms with van der Waals surface area (Å²) in [5.74, 6) is 0. The minimum atomic E-state index is -0.749. The zero-order valence-electron chi connectivity index (χ0n) is 8.48. The summed E-state index contributed by atoms with van der Waals surface area (Å²) in [5, 5.41) is 9.07. The molecule has 1 amide bonds. The SMILES string of the molecule is O=C(O)N1CCCCC1N1CCCC1. The van der Waals surface area contributed by atoms with E-state index in [9.17, 15) is 4.79 Å². The number of rotatable bonds is 1. The van der Waals surface area contributed by atoms with Gasteiger partial charge in [0.15, 0.2) is 0 Å². The van der Waals surface area contributed by atoms with Crippen molar-refractivity contribution < 1.29 is 9.90 Å². The molecule has 0 aromatic carbocycles. The molecule has 2 heterocycles. The van der Waals surface area contributed by atoms with Gasteiger partial charge in [-0.3, -0.25) is 9.80 Å². The lowest BCUT2D eigenvalue weighted by atomic mass is 10.1. The minimum absolute atomic E-state index is 0.170. The van der Waals surface area contributed by atoms with E-state index >= 15 is 0 Å². The highest BCUT2D eigenvalue weighted by atomic mass is 16.4. The highest BCUT2D eigenvalue weighted by Gasteiger charge is 2.32. The van der Waals surface area contributed by atoms with Crippen molar-refractivity contribution in [2.45, 2.75) is 38.3 Å². The van der Waals surface area contributed by atoms with Gasteiger partial charge in [0.25, 0.3) is 0 Å². The van der Waals surface area contributed by atoms with Crippen molar-refractivity contribution >= 4 is 6.09 Å². The molecule has 1 N–H and O–H groups in total. The van der Waals surface area contributed by atoms with Gasteiger partial charge in [-0.15, -0.1) is 0 Å². The van der Waals surface area contributed by atoms with Crippen molar-refractivity contribution in [3.63, 3.8) is 0 Å². The fraction of sp³-hybridized carbons (Fsp3) is 0.900. The zero-order chi connectivity index (χ0) is 9.97. The van der Waals surface area contributed by atoms with Gasteiger partial charge in [0.2, 0.25) is 0 Å². The molecule has 4 nitrogen and oxygen atoms in total. The normalized spacial score (nSPS) is 29.4. The molecule has 0 saturated carbocycles. The summed E-state index contributed by atoms with van der Waals surface area (Å²) < 4.78 is 0. The number of piperidine rings is 1. The largest absolute Gasteiger partial charge is 0.465 e. The maximum Gasteiger partial charge on any atom is 0.408 e. The van der Waals surface area contributed by atoms with Crippen LogP contribution < -0.4 is 0 Å². The molecule has 0 radical (unpaired) electrons. The predicted molar refractivity (Wildman–Crippen MR) is 53.2 cm³/mol. The molecule has 2 aliphatic rings. The molecule has 14 heavy (non-hydrogen) atoms. The van der Waals surface area contributed by atoms with Crippen molar-refractivity contribution in [2.24, 2.45) is 0 Å². The summed E-state index contributed by atoms with van der Waals surface area (Å²) in [5.41, 5.74) is 0. The number of carbonyl (C=O) groups is 1. The Morgan fingerprint density at radius 3 is 2.36 bits per heavy atom. The molecular formula is C10H18N2O2. The maximum atomic E-state index is 11.0. The van der Waals surface area contributed by atoms with Crippen LogP contribution in [0, 0.1) is 0 Å². The Hall–Kier alpha value is -0.770. The van der Waals surface area contributed by atoms with Gasteiger partial charge in [-0.25, -0.2) is 4.79 Å². The second-order valence-electron chi connectivity index (χ2n) is 4.20. The van der Waals surface area contributed by atoms with Gasteiger partial charge in [0.1, 0.15) is 0 Å². The lowest BCUT2D eigenvalue weighted by Crippen LogP contribution is -2.51. The van der Waals surface area contributed by atoms with Crippen molar-refractivity contribution in [3.8, 4) is 0 Å². The average molecular weight is 198 g/mol. The molecule has 2 aliphatic heterocycles. The van der Waals surface area contributed by atoms with Crippen molar-refractivity contribution in [1.29, 1.82) is 0 Å². The highest BCUT2D eigenvalue weighted by molar-refractivity contribution is 5.65. The Bertz CT molecular complexity index is 214. The first kappa shape index (κ1) is 9.77. The van der Waals surface area contributed by atoms with E-state index in [1.807, 2.05) is 0 Å². The van der Waals surface area contributed by atoms with Gasteiger partial charge in [0.05, 0.1) is 6.17 Å². The number of amides is 1. The lowest BCUT2D eigenvalue weighted by Gasteiger charge is -2.39. The Kier molecular flexibility index (Phi) is 2.91. The van der Waals surface area contributed by atoms with E-state index in [0.717, 1.165) is 32.5 Å². The van der Waals surface area contributed by atoms with E-state index in [2.05, 4.69) is 4.90 Å². The van der Waals surface area contributed by atoms with Crippen LogP contribution in [-0.2, 0) is 0 Å². The Balaban J connectivity index is 2.01. The molecule has 80 valence electrons. The molecule has 1 unspecified atom stereocenters. The van der Waals surface area contributed by atoms with Gasteiger partial charge in [0, 0.05) is 19.6 Å². The topological polar surface area (TPSA) is 43.8 Å². The van der Waals surface area contributed by atoms with E-state index in [1.165, 1.54) is 19.3 Å². The quantitative estimate of drug-likeness (QED) is 0.695. The van der Waals surface area contributed by atoms with Crippen LogP contribution in [0.25, 0.3) is 0 Å². The standard InChI is InChI=1S/C10H18N2O2/c13-10(14)12-8-2-1-5-9(12)11-6-3-4-7-11/h9H,1-8H2,(H,13,14). The Morgan fingerprint density at radius 2 is 1.71 bits per heavy atom. The molecule has 0 spiro atoms. The van der Waals surface area contributed by atoms with Crippen LogP contribution in [0.5, 0.6) is 0 Å². The lowest BCUT2D eigenvalue weighted by molar-refractivity contribution is 0.0326. The fourth-order valence-corrected chi connectivity index (χ4v) is 2.56. The summed E-state index contributed by atoms with van der Waals surface area (Å²) in [7, 11) is 0.